The number of hydrogen-bond donors (Lipinski definition) is 2. The third-order valence-electron chi connectivity index (χ3n) is 2.77. The lowest BCUT2D eigenvalue weighted by molar-refractivity contribution is 0.0696. The van der Waals surface area contributed by atoms with E-state index in [0.717, 1.165) is 10.0 Å². The Morgan fingerprint density at radius 3 is 2.30 bits per heavy atom. The summed E-state index contributed by atoms with van der Waals surface area (Å²) in [6.07, 6.45) is 0. The van der Waals surface area contributed by atoms with Gasteiger partial charge in [0.2, 0.25) is 0 Å². The van der Waals surface area contributed by atoms with Crippen molar-refractivity contribution in [2.24, 2.45) is 0 Å². The van der Waals surface area contributed by atoms with E-state index in [0.29, 0.717) is 12.1 Å². The van der Waals surface area contributed by atoms with E-state index in [-0.39, 0.29) is 11.5 Å². The highest BCUT2D eigenvalue weighted by atomic mass is 79.9. The molecule has 0 saturated heterocycles. The van der Waals surface area contributed by atoms with Crippen LogP contribution in [-0.2, 0) is 6.54 Å². The van der Waals surface area contributed by atoms with Crippen LogP contribution in [0.15, 0.2) is 53.0 Å². The Bertz CT molecular complexity index is 638. The van der Waals surface area contributed by atoms with E-state index in [9.17, 15) is 9.59 Å². The minimum atomic E-state index is -0.964. The zero-order chi connectivity index (χ0) is 14.5. The van der Waals surface area contributed by atoms with Crippen LogP contribution in [0.3, 0.4) is 0 Å². The summed E-state index contributed by atoms with van der Waals surface area (Å²) in [5, 5.41) is 11.6. The molecule has 0 atom stereocenters. The molecule has 5 heteroatoms. The van der Waals surface area contributed by atoms with Crippen LogP contribution in [0.4, 0.5) is 0 Å². The van der Waals surface area contributed by atoms with Crippen molar-refractivity contribution in [3.05, 3.63) is 69.7 Å². The molecule has 4 nitrogen and oxygen atoms in total. The van der Waals surface area contributed by atoms with Crippen LogP contribution in [-0.4, -0.2) is 17.0 Å². The van der Waals surface area contributed by atoms with Crippen molar-refractivity contribution >= 4 is 27.8 Å². The molecule has 0 aliphatic rings. The van der Waals surface area contributed by atoms with Gasteiger partial charge in [0.15, 0.2) is 0 Å². The minimum Gasteiger partial charge on any atom is -0.478 e. The zero-order valence-electron chi connectivity index (χ0n) is 10.5. The van der Waals surface area contributed by atoms with E-state index >= 15 is 0 Å². The summed E-state index contributed by atoms with van der Waals surface area (Å²) in [4.78, 5) is 22.7. The molecular weight excluding hydrogens is 322 g/mol. The Labute approximate surface area is 124 Å². The first-order chi connectivity index (χ1) is 9.58. The number of carbonyl (C=O) groups excluding carboxylic acids is 1. The third kappa shape index (κ3) is 3.45. The molecule has 0 aliphatic heterocycles. The number of aromatic carboxylic acids is 1. The highest BCUT2D eigenvalue weighted by Crippen LogP contribution is 2.15. The minimum absolute atomic E-state index is 0.181. The van der Waals surface area contributed by atoms with E-state index in [1.807, 2.05) is 6.07 Å². The second kappa shape index (κ2) is 6.34. The summed E-state index contributed by atoms with van der Waals surface area (Å²) in [5.41, 5.74) is 1.64. The van der Waals surface area contributed by atoms with Crippen LogP contribution in [0.25, 0.3) is 0 Å². The topological polar surface area (TPSA) is 66.4 Å². The van der Waals surface area contributed by atoms with Crippen molar-refractivity contribution < 1.29 is 14.7 Å². The maximum Gasteiger partial charge on any atom is 0.335 e. The van der Waals surface area contributed by atoms with Crippen LogP contribution in [0.1, 0.15) is 26.3 Å². The van der Waals surface area contributed by atoms with Gasteiger partial charge in [-0.1, -0.05) is 24.3 Å². The first-order valence-electron chi connectivity index (χ1n) is 5.93. The Morgan fingerprint density at radius 1 is 1.05 bits per heavy atom. The molecule has 0 spiro atoms. The molecule has 0 unspecified atom stereocenters. The molecule has 0 heterocycles. The number of carboxylic acids is 1. The normalized spacial score (nSPS) is 10.1. The number of carboxylic acid groups (broad SMARTS) is 1. The molecule has 0 aromatic heterocycles. The summed E-state index contributed by atoms with van der Waals surface area (Å²) in [5.74, 6) is -1.14. The van der Waals surface area contributed by atoms with E-state index < -0.39 is 5.97 Å². The Kier molecular flexibility index (Phi) is 4.53. The van der Waals surface area contributed by atoms with Gasteiger partial charge in [-0.25, -0.2) is 4.79 Å². The fraction of sp³-hybridized carbons (Fsp3) is 0.0667. The third-order valence-corrected chi connectivity index (χ3v) is 3.46. The molecule has 0 radical (unpaired) electrons. The molecular formula is C15H12BrNO3. The SMILES string of the molecule is O=C(O)c1ccc(CNC(=O)c2ccccc2Br)cc1. The Balaban J connectivity index is 2.00. The largest absolute Gasteiger partial charge is 0.478 e. The summed E-state index contributed by atoms with van der Waals surface area (Å²) >= 11 is 3.32. The van der Waals surface area contributed by atoms with Gasteiger partial charge >= 0.3 is 5.97 Å². The zero-order valence-corrected chi connectivity index (χ0v) is 12.1. The molecule has 0 aliphatic carbocycles. The predicted octanol–water partition coefficient (Wildman–Crippen LogP) is 3.08. The number of benzene rings is 2. The van der Waals surface area contributed by atoms with E-state index in [4.69, 9.17) is 5.11 Å². The van der Waals surface area contributed by atoms with E-state index in [1.54, 1.807) is 30.3 Å². The lowest BCUT2D eigenvalue weighted by atomic mass is 10.1. The highest BCUT2D eigenvalue weighted by Gasteiger charge is 2.08. The summed E-state index contributed by atoms with van der Waals surface area (Å²) in [6, 6.07) is 13.6. The molecule has 0 saturated carbocycles. The predicted molar refractivity (Wildman–Crippen MR) is 78.7 cm³/mol. The van der Waals surface area contributed by atoms with Gasteiger partial charge in [0.1, 0.15) is 0 Å². The first-order valence-corrected chi connectivity index (χ1v) is 6.72. The second-order valence-electron chi connectivity index (χ2n) is 4.16. The highest BCUT2D eigenvalue weighted by molar-refractivity contribution is 9.10. The molecule has 2 rings (SSSR count). The number of rotatable bonds is 4. The quantitative estimate of drug-likeness (QED) is 0.903. The van der Waals surface area contributed by atoms with Crippen LogP contribution in [0.5, 0.6) is 0 Å². The van der Waals surface area contributed by atoms with Gasteiger partial charge in [-0.05, 0) is 45.8 Å². The summed E-state index contributed by atoms with van der Waals surface area (Å²) in [7, 11) is 0. The first kappa shape index (κ1) is 14.3. The van der Waals surface area contributed by atoms with Gasteiger partial charge in [-0.2, -0.15) is 0 Å². The van der Waals surface area contributed by atoms with E-state index in [2.05, 4.69) is 21.2 Å². The Hall–Kier alpha value is -2.14. The van der Waals surface area contributed by atoms with Crippen molar-refractivity contribution in [2.75, 3.05) is 0 Å². The van der Waals surface area contributed by atoms with Gasteiger partial charge in [-0.3, -0.25) is 4.79 Å². The molecule has 20 heavy (non-hydrogen) atoms. The van der Waals surface area contributed by atoms with Crippen molar-refractivity contribution in [1.82, 2.24) is 5.32 Å². The monoisotopic (exact) mass is 333 g/mol. The standard InChI is InChI=1S/C15H12BrNO3/c16-13-4-2-1-3-12(13)14(18)17-9-10-5-7-11(8-6-10)15(19)20/h1-8H,9H2,(H,17,18)(H,19,20). The van der Waals surface area contributed by atoms with Gasteiger partial charge < -0.3 is 10.4 Å². The van der Waals surface area contributed by atoms with Gasteiger partial charge in [-0.15, -0.1) is 0 Å². The number of amides is 1. The van der Waals surface area contributed by atoms with Crippen LogP contribution in [0.2, 0.25) is 0 Å². The van der Waals surface area contributed by atoms with Gasteiger partial charge in [0.25, 0.3) is 5.91 Å². The van der Waals surface area contributed by atoms with E-state index in [1.165, 1.54) is 12.1 Å². The number of nitrogens with one attached hydrogen (secondary N) is 1. The number of halogens is 1. The van der Waals surface area contributed by atoms with Crippen molar-refractivity contribution in [2.45, 2.75) is 6.54 Å². The summed E-state index contributed by atoms with van der Waals surface area (Å²) in [6.45, 7) is 0.347. The fourth-order valence-corrected chi connectivity index (χ4v) is 2.15. The smallest absolute Gasteiger partial charge is 0.335 e. The van der Waals surface area contributed by atoms with Gasteiger partial charge in [0.05, 0.1) is 11.1 Å². The molecule has 2 aromatic rings. The molecule has 2 aromatic carbocycles. The maximum absolute atomic E-state index is 12.0. The van der Waals surface area contributed by atoms with Crippen molar-refractivity contribution in [3.8, 4) is 0 Å². The van der Waals surface area contributed by atoms with Crippen LogP contribution < -0.4 is 5.32 Å². The lowest BCUT2D eigenvalue weighted by Crippen LogP contribution is -2.23. The summed E-state index contributed by atoms with van der Waals surface area (Å²) < 4.78 is 0.735. The molecule has 0 fully saturated rings. The average Bonchev–Trinajstić information content (AvgIpc) is 2.45. The van der Waals surface area contributed by atoms with Gasteiger partial charge in [0, 0.05) is 11.0 Å². The number of hydrogen-bond acceptors (Lipinski definition) is 2. The molecule has 1 amide bonds. The molecule has 102 valence electrons. The van der Waals surface area contributed by atoms with Crippen molar-refractivity contribution in [3.63, 3.8) is 0 Å². The number of carbonyl (C=O) groups is 2. The van der Waals surface area contributed by atoms with Crippen LogP contribution >= 0.6 is 15.9 Å². The fourth-order valence-electron chi connectivity index (χ4n) is 1.69. The maximum atomic E-state index is 12.0. The second-order valence-corrected chi connectivity index (χ2v) is 5.02. The van der Waals surface area contributed by atoms with Crippen LogP contribution in [0, 0.1) is 0 Å². The molecule has 2 N–H and O–H groups in total. The van der Waals surface area contributed by atoms with Crippen molar-refractivity contribution in [1.29, 1.82) is 0 Å². The average molecular weight is 334 g/mol. The molecule has 0 bridgehead atoms. The Morgan fingerprint density at radius 2 is 1.70 bits per heavy atom. The lowest BCUT2D eigenvalue weighted by Gasteiger charge is -2.07.